The average Bonchev–Trinajstić information content (AvgIpc) is 3.27. The number of carbonyl (C=O) groups is 2. The van der Waals surface area contributed by atoms with Crippen molar-refractivity contribution in [1.29, 1.82) is 0 Å². The summed E-state index contributed by atoms with van der Waals surface area (Å²) in [5.41, 5.74) is 2.36. The molecule has 0 saturated heterocycles. The zero-order valence-electron chi connectivity index (χ0n) is 16.5. The summed E-state index contributed by atoms with van der Waals surface area (Å²) in [6, 6.07) is 17.2. The van der Waals surface area contributed by atoms with Crippen LogP contribution in [0.5, 0.6) is 0 Å². The van der Waals surface area contributed by atoms with Crippen LogP contribution in [0.25, 0.3) is 0 Å². The summed E-state index contributed by atoms with van der Waals surface area (Å²) >= 11 is 0. The van der Waals surface area contributed by atoms with E-state index in [-0.39, 0.29) is 17.7 Å². The molecule has 0 bridgehead atoms. The molecule has 1 atom stereocenters. The van der Waals surface area contributed by atoms with E-state index in [1.165, 1.54) is 5.56 Å². The largest absolute Gasteiger partial charge is 0.351 e. The maximum Gasteiger partial charge on any atom is 0.251 e. The van der Waals surface area contributed by atoms with Gasteiger partial charge in [-0.2, -0.15) is 0 Å². The normalized spacial score (nSPS) is 11.6. The molecule has 0 aliphatic rings. The highest BCUT2D eigenvalue weighted by Crippen LogP contribution is 2.18. The second-order valence-electron chi connectivity index (χ2n) is 6.91. The zero-order chi connectivity index (χ0) is 20.5. The number of imidazole rings is 1. The fraction of sp³-hybridized carbons (Fsp3) is 0.261. The maximum absolute atomic E-state index is 12.6. The lowest BCUT2D eigenvalue weighted by Gasteiger charge is -2.16. The second kappa shape index (κ2) is 10.2. The Kier molecular flexibility index (Phi) is 7.16. The van der Waals surface area contributed by atoms with Crippen molar-refractivity contribution in [2.75, 3.05) is 11.9 Å². The monoisotopic (exact) mass is 390 g/mol. The Labute approximate surface area is 171 Å². The average molecular weight is 390 g/mol. The molecule has 2 aromatic carbocycles. The molecule has 3 rings (SSSR count). The van der Waals surface area contributed by atoms with E-state index < -0.39 is 0 Å². The summed E-state index contributed by atoms with van der Waals surface area (Å²) < 4.78 is 1.85. The third-order valence-corrected chi connectivity index (χ3v) is 4.84. The number of nitrogens with zero attached hydrogens (tertiary/aromatic N) is 2. The molecule has 0 aliphatic carbocycles. The van der Waals surface area contributed by atoms with Gasteiger partial charge in [0, 0.05) is 49.1 Å². The number of rotatable bonds is 9. The summed E-state index contributed by atoms with van der Waals surface area (Å²) in [6.45, 7) is 3.24. The first-order chi connectivity index (χ1) is 14.2. The Morgan fingerprint density at radius 2 is 1.93 bits per heavy atom. The summed E-state index contributed by atoms with van der Waals surface area (Å²) in [4.78, 5) is 28.7. The molecule has 2 amide bonds. The SMILES string of the molecule is CCC(CNC(=O)c1cccc(NC(=O)CCn2ccnc2)c1)c1ccccc1. The lowest BCUT2D eigenvalue weighted by Crippen LogP contribution is -2.28. The predicted molar refractivity (Wildman–Crippen MR) is 114 cm³/mol. The molecule has 3 aromatic rings. The molecule has 6 heteroatoms. The quantitative estimate of drug-likeness (QED) is 0.583. The van der Waals surface area contributed by atoms with Crippen molar-refractivity contribution in [2.45, 2.75) is 32.2 Å². The van der Waals surface area contributed by atoms with Gasteiger partial charge in [-0.1, -0.05) is 43.3 Å². The Morgan fingerprint density at radius 3 is 2.66 bits per heavy atom. The van der Waals surface area contributed by atoms with Gasteiger partial charge in [-0.15, -0.1) is 0 Å². The Balaban J connectivity index is 1.54. The van der Waals surface area contributed by atoms with Crippen molar-refractivity contribution in [1.82, 2.24) is 14.9 Å². The molecule has 0 saturated carbocycles. The fourth-order valence-corrected chi connectivity index (χ4v) is 3.15. The number of hydrogen-bond donors (Lipinski definition) is 2. The highest BCUT2D eigenvalue weighted by Gasteiger charge is 2.13. The van der Waals surface area contributed by atoms with E-state index in [1.54, 1.807) is 36.8 Å². The van der Waals surface area contributed by atoms with Gasteiger partial charge in [0.15, 0.2) is 0 Å². The minimum Gasteiger partial charge on any atom is -0.351 e. The van der Waals surface area contributed by atoms with Gasteiger partial charge < -0.3 is 15.2 Å². The zero-order valence-corrected chi connectivity index (χ0v) is 16.5. The van der Waals surface area contributed by atoms with Gasteiger partial charge in [-0.25, -0.2) is 4.98 Å². The maximum atomic E-state index is 12.6. The van der Waals surface area contributed by atoms with Crippen LogP contribution in [0.4, 0.5) is 5.69 Å². The first kappa shape index (κ1) is 20.3. The van der Waals surface area contributed by atoms with Gasteiger partial charge in [0.1, 0.15) is 0 Å². The van der Waals surface area contributed by atoms with Gasteiger partial charge in [-0.05, 0) is 30.2 Å². The van der Waals surface area contributed by atoms with Crippen LogP contribution >= 0.6 is 0 Å². The third kappa shape index (κ3) is 6.04. The van der Waals surface area contributed by atoms with Gasteiger partial charge in [-0.3, -0.25) is 9.59 Å². The first-order valence-electron chi connectivity index (χ1n) is 9.84. The van der Waals surface area contributed by atoms with Crippen LogP contribution in [-0.4, -0.2) is 27.9 Å². The number of benzene rings is 2. The summed E-state index contributed by atoms with van der Waals surface area (Å²) in [7, 11) is 0. The number of amides is 2. The lowest BCUT2D eigenvalue weighted by molar-refractivity contribution is -0.116. The molecule has 29 heavy (non-hydrogen) atoms. The predicted octanol–water partition coefficient (Wildman–Crippen LogP) is 3.84. The van der Waals surface area contributed by atoms with Gasteiger partial charge in [0.05, 0.1) is 6.33 Å². The van der Waals surface area contributed by atoms with Crippen LogP contribution in [0.2, 0.25) is 0 Å². The highest BCUT2D eigenvalue weighted by molar-refractivity contribution is 5.97. The number of nitrogens with one attached hydrogen (secondary N) is 2. The number of carbonyl (C=O) groups excluding carboxylic acids is 2. The molecular formula is C23H26N4O2. The van der Waals surface area contributed by atoms with Crippen molar-refractivity contribution in [2.24, 2.45) is 0 Å². The molecule has 0 radical (unpaired) electrons. The molecule has 0 aliphatic heterocycles. The first-order valence-corrected chi connectivity index (χ1v) is 9.84. The number of aromatic nitrogens is 2. The molecule has 1 heterocycles. The summed E-state index contributed by atoms with van der Waals surface area (Å²) in [5, 5.41) is 5.86. The van der Waals surface area contributed by atoms with Crippen LogP contribution in [0.15, 0.2) is 73.3 Å². The Morgan fingerprint density at radius 1 is 1.10 bits per heavy atom. The van der Waals surface area contributed by atoms with Crippen LogP contribution in [0, 0.1) is 0 Å². The Bertz CT molecular complexity index is 923. The molecular weight excluding hydrogens is 364 g/mol. The van der Waals surface area contributed by atoms with E-state index in [1.807, 2.05) is 29.0 Å². The van der Waals surface area contributed by atoms with Crippen LogP contribution < -0.4 is 10.6 Å². The second-order valence-corrected chi connectivity index (χ2v) is 6.91. The fourth-order valence-electron chi connectivity index (χ4n) is 3.15. The van der Waals surface area contributed by atoms with Crippen molar-refractivity contribution < 1.29 is 9.59 Å². The molecule has 1 aromatic heterocycles. The molecule has 150 valence electrons. The number of anilines is 1. The van der Waals surface area contributed by atoms with Crippen molar-refractivity contribution >= 4 is 17.5 Å². The van der Waals surface area contributed by atoms with E-state index >= 15 is 0 Å². The topological polar surface area (TPSA) is 76.0 Å². The van der Waals surface area contributed by atoms with E-state index in [4.69, 9.17) is 0 Å². The van der Waals surface area contributed by atoms with Crippen molar-refractivity contribution in [3.63, 3.8) is 0 Å². The van der Waals surface area contributed by atoms with Crippen LogP contribution in [0.3, 0.4) is 0 Å². The molecule has 0 fully saturated rings. The van der Waals surface area contributed by atoms with Gasteiger partial charge >= 0.3 is 0 Å². The van der Waals surface area contributed by atoms with E-state index in [2.05, 4.69) is 34.7 Å². The van der Waals surface area contributed by atoms with Crippen LogP contribution in [0.1, 0.15) is 41.6 Å². The minimum absolute atomic E-state index is 0.105. The van der Waals surface area contributed by atoms with Gasteiger partial charge in [0.25, 0.3) is 5.91 Å². The lowest BCUT2D eigenvalue weighted by atomic mass is 9.96. The summed E-state index contributed by atoms with van der Waals surface area (Å²) in [5.74, 6) is 0.0199. The molecule has 1 unspecified atom stereocenters. The number of hydrogen-bond acceptors (Lipinski definition) is 3. The van der Waals surface area contributed by atoms with E-state index in [0.29, 0.717) is 30.8 Å². The van der Waals surface area contributed by atoms with E-state index in [9.17, 15) is 9.59 Å². The van der Waals surface area contributed by atoms with Crippen molar-refractivity contribution in [3.8, 4) is 0 Å². The smallest absolute Gasteiger partial charge is 0.251 e. The number of aryl methyl sites for hydroxylation is 1. The van der Waals surface area contributed by atoms with Crippen molar-refractivity contribution in [3.05, 3.63) is 84.4 Å². The van der Waals surface area contributed by atoms with Gasteiger partial charge in [0.2, 0.25) is 5.91 Å². The third-order valence-electron chi connectivity index (χ3n) is 4.84. The van der Waals surface area contributed by atoms with E-state index in [0.717, 1.165) is 6.42 Å². The molecule has 2 N–H and O–H groups in total. The molecule has 6 nitrogen and oxygen atoms in total. The highest BCUT2D eigenvalue weighted by atomic mass is 16.2. The van der Waals surface area contributed by atoms with Crippen LogP contribution in [-0.2, 0) is 11.3 Å². The minimum atomic E-state index is -0.145. The molecule has 0 spiro atoms. The standard InChI is InChI=1S/C23H26N4O2/c1-2-18(19-7-4-3-5-8-19)16-25-23(29)20-9-6-10-21(15-20)26-22(28)11-13-27-14-12-24-17-27/h3-10,12,14-15,17-18H,2,11,13,16H2,1H3,(H,25,29)(H,26,28). The summed E-state index contributed by atoms with van der Waals surface area (Å²) in [6.07, 6.45) is 6.45. The Hall–Kier alpha value is -3.41.